The van der Waals surface area contributed by atoms with Gasteiger partial charge in [0.15, 0.2) is 5.96 Å². The third kappa shape index (κ3) is 10.9. The summed E-state index contributed by atoms with van der Waals surface area (Å²) in [6.45, 7) is 4.98. The minimum Gasteiger partial charge on any atom is -0.379 e. The zero-order valence-electron chi connectivity index (χ0n) is 16.3. The van der Waals surface area contributed by atoms with Crippen LogP contribution < -0.4 is 10.6 Å². The van der Waals surface area contributed by atoms with Gasteiger partial charge in [0.2, 0.25) is 0 Å². The minimum absolute atomic E-state index is 0. The molecule has 0 aromatic heterocycles. The van der Waals surface area contributed by atoms with Crippen LogP contribution in [0.3, 0.4) is 0 Å². The molecule has 2 rings (SSSR count). The van der Waals surface area contributed by atoms with Gasteiger partial charge in [-0.3, -0.25) is 4.99 Å². The SMILES string of the molecule is CN=C(NCCCOCC1CCCO1)NCCCOC1CCCCC1.I. The van der Waals surface area contributed by atoms with Gasteiger partial charge in [-0.2, -0.15) is 0 Å². The maximum Gasteiger partial charge on any atom is 0.190 e. The molecule has 1 unspecified atom stereocenters. The van der Waals surface area contributed by atoms with Gasteiger partial charge in [-0.1, -0.05) is 19.3 Å². The van der Waals surface area contributed by atoms with Gasteiger partial charge in [-0.05, 0) is 38.5 Å². The highest BCUT2D eigenvalue weighted by Gasteiger charge is 2.15. The highest BCUT2D eigenvalue weighted by Crippen LogP contribution is 2.20. The van der Waals surface area contributed by atoms with Crippen LogP contribution in [-0.4, -0.2) is 64.7 Å². The summed E-state index contributed by atoms with van der Waals surface area (Å²) >= 11 is 0. The lowest BCUT2D eigenvalue weighted by Crippen LogP contribution is -2.38. The van der Waals surface area contributed by atoms with E-state index in [9.17, 15) is 0 Å². The van der Waals surface area contributed by atoms with E-state index in [1.165, 1.54) is 38.5 Å². The van der Waals surface area contributed by atoms with Crippen LogP contribution in [0.2, 0.25) is 0 Å². The van der Waals surface area contributed by atoms with E-state index in [4.69, 9.17) is 14.2 Å². The Hall–Kier alpha value is -0.120. The Morgan fingerprint density at radius 3 is 2.38 bits per heavy atom. The molecule has 1 atom stereocenters. The van der Waals surface area contributed by atoms with Crippen molar-refractivity contribution in [1.29, 1.82) is 0 Å². The topological polar surface area (TPSA) is 64.1 Å². The molecule has 1 aliphatic heterocycles. The van der Waals surface area contributed by atoms with Crippen molar-refractivity contribution >= 4 is 29.9 Å². The first-order valence-corrected chi connectivity index (χ1v) is 10.1. The van der Waals surface area contributed by atoms with Gasteiger partial charge in [0.05, 0.1) is 18.8 Å². The van der Waals surface area contributed by atoms with Gasteiger partial charge in [-0.15, -0.1) is 24.0 Å². The van der Waals surface area contributed by atoms with Crippen molar-refractivity contribution < 1.29 is 14.2 Å². The molecule has 0 aromatic rings. The molecule has 1 heterocycles. The summed E-state index contributed by atoms with van der Waals surface area (Å²) in [5.74, 6) is 0.858. The standard InChI is InChI=1S/C19H37N3O3.HI/c1-20-19(21-11-6-13-23-16-18-10-5-14-25-18)22-12-7-15-24-17-8-3-2-4-9-17;/h17-18H,2-16H2,1H3,(H2,20,21,22);1H. The van der Waals surface area contributed by atoms with Crippen LogP contribution in [0.1, 0.15) is 57.8 Å². The summed E-state index contributed by atoms with van der Waals surface area (Å²) in [5.41, 5.74) is 0. The normalized spacial score (nSPS) is 21.4. The van der Waals surface area contributed by atoms with Crippen molar-refractivity contribution in [3.8, 4) is 0 Å². The average molecular weight is 483 g/mol. The van der Waals surface area contributed by atoms with Crippen molar-refractivity contribution in [3.63, 3.8) is 0 Å². The molecule has 1 saturated carbocycles. The van der Waals surface area contributed by atoms with Crippen molar-refractivity contribution in [3.05, 3.63) is 0 Å². The van der Waals surface area contributed by atoms with E-state index in [-0.39, 0.29) is 24.0 Å². The van der Waals surface area contributed by atoms with Crippen LogP contribution in [0, 0.1) is 0 Å². The maximum atomic E-state index is 5.94. The van der Waals surface area contributed by atoms with E-state index in [1.54, 1.807) is 0 Å². The molecule has 1 saturated heterocycles. The van der Waals surface area contributed by atoms with Crippen LogP contribution in [0.5, 0.6) is 0 Å². The molecular formula is C19H38IN3O3. The minimum atomic E-state index is 0. The van der Waals surface area contributed by atoms with Crippen LogP contribution in [0.25, 0.3) is 0 Å². The van der Waals surface area contributed by atoms with Crippen LogP contribution in [-0.2, 0) is 14.2 Å². The molecule has 2 fully saturated rings. The lowest BCUT2D eigenvalue weighted by Gasteiger charge is -2.22. The second kappa shape index (κ2) is 15.9. The first-order chi connectivity index (χ1) is 12.4. The largest absolute Gasteiger partial charge is 0.379 e. The number of ether oxygens (including phenoxy) is 3. The van der Waals surface area contributed by atoms with Crippen molar-refractivity contribution in [2.24, 2.45) is 4.99 Å². The fourth-order valence-electron chi connectivity index (χ4n) is 3.35. The van der Waals surface area contributed by atoms with Gasteiger partial charge < -0.3 is 24.8 Å². The lowest BCUT2D eigenvalue weighted by molar-refractivity contribution is 0.0168. The van der Waals surface area contributed by atoms with E-state index in [0.717, 1.165) is 64.7 Å². The molecule has 7 heteroatoms. The van der Waals surface area contributed by atoms with Crippen molar-refractivity contribution in [1.82, 2.24) is 10.6 Å². The van der Waals surface area contributed by atoms with Gasteiger partial charge in [0, 0.05) is 40.0 Å². The summed E-state index contributed by atoms with van der Waals surface area (Å²) in [6.07, 6.45) is 11.6. The van der Waals surface area contributed by atoms with Crippen LogP contribution in [0.15, 0.2) is 4.99 Å². The molecule has 0 amide bonds. The maximum absolute atomic E-state index is 5.94. The first-order valence-electron chi connectivity index (χ1n) is 10.1. The predicted octanol–water partition coefficient (Wildman–Crippen LogP) is 3.09. The zero-order valence-corrected chi connectivity index (χ0v) is 18.7. The monoisotopic (exact) mass is 483 g/mol. The Morgan fingerprint density at radius 2 is 1.73 bits per heavy atom. The molecule has 0 radical (unpaired) electrons. The summed E-state index contributed by atoms with van der Waals surface area (Å²) in [7, 11) is 1.81. The lowest BCUT2D eigenvalue weighted by atomic mass is 9.98. The molecule has 2 aliphatic rings. The Labute approximate surface area is 176 Å². The number of halogens is 1. The molecule has 0 spiro atoms. The number of nitrogens with one attached hydrogen (secondary N) is 2. The summed E-state index contributed by atoms with van der Waals surface area (Å²) in [6, 6.07) is 0. The summed E-state index contributed by atoms with van der Waals surface area (Å²) in [5, 5.41) is 6.67. The fraction of sp³-hybridized carbons (Fsp3) is 0.947. The predicted molar refractivity (Wildman–Crippen MR) is 117 cm³/mol. The Kier molecular flexibility index (Phi) is 14.6. The Balaban J connectivity index is 0.00000338. The highest BCUT2D eigenvalue weighted by atomic mass is 127. The molecular weight excluding hydrogens is 445 g/mol. The van der Waals surface area contributed by atoms with E-state index >= 15 is 0 Å². The highest BCUT2D eigenvalue weighted by molar-refractivity contribution is 14.0. The van der Waals surface area contributed by atoms with Gasteiger partial charge >= 0.3 is 0 Å². The molecule has 154 valence electrons. The summed E-state index contributed by atoms with van der Waals surface area (Å²) in [4.78, 5) is 4.25. The quantitative estimate of drug-likeness (QED) is 0.205. The molecule has 0 bridgehead atoms. The third-order valence-electron chi connectivity index (χ3n) is 4.83. The van der Waals surface area contributed by atoms with Gasteiger partial charge in [0.1, 0.15) is 0 Å². The van der Waals surface area contributed by atoms with E-state index < -0.39 is 0 Å². The first kappa shape index (κ1) is 23.9. The van der Waals surface area contributed by atoms with Crippen molar-refractivity contribution in [2.75, 3.05) is 46.6 Å². The number of aliphatic imine (C=N–C) groups is 1. The molecule has 6 nitrogen and oxygen atoms in total. The third-order valence-corrected chi connectivity index (χ3v) is 4.83. The Bertz CT molecular complexity index is 360. The molecule has 2 N–H and O–H groups in total. The second-order valence-electron chi connectivity index (χ2n) is 6.97. The number of rotatable bonds is 11. The molecule has 1 aliphatic carbocycles. The number of guanidine groups is 1. The zero-order chi connectivity index (χ0) is 17.6. The summed E-state index contributed by atoms with van der Waals surface area (Å²) < 4.78 is 17.1. The average Bonchev–Trinajstić information content (AvgIpc) is 3.17. The number of hydrogen-bond donors (Lipinski definition) is 2. The van der Waals surface area contributed by atoms with Gasteiger partial charge in [0.25, 0.3) is 0 Å². The molecule has 0 aromatic carbocycles. The number of hydrogen-bond acceptors (Lipinski definition) is 4. The smallest absolute Gasteiger partial charge is 0.190 e. The van der Waals surface area contributed by atoms with E-state index in [0.29, 0.717) is 12.2 Å². The van der Waals surface area contributed by atoms with E-state index in [2.05, 4.69) is 15.6 Å². The number of nitrogens with zero attached hydrogens (tertiary/aromatic N) is 1. The van der Waals surface area contributed by atoms with Crippen LogP contribution in [0.4, 0.5) is 0 Å². The fourth-order valence-corrected chi connectivity index (χ4v) is 3.35. The van der Waals surface area contributed by atoms with Crippen LogP contribution >= 0.6 is 24.0 Å². The van der Waals surface area contributed by atoms with Gasteiger partial charge in [-0.25, -0.2) is 0 Å². The molecule has 26 heavy (non-hydrogen) atoms. The van der Waals surface area contributed by atoms with E-state index in [1.807, 2.05) is 7.05 Å². The second-order valence-corrected chi connectivity index (χ2v) is 6.97. The van der Waals surface area contributed by atoms with Crippen molar-refractivity contribution in [2.45, 2.75) is 70.0 Å². The Morgan fingerprint density at radius 1 is 1.00 bits per heavy atom.